The molecule has 0 spiro atoms. The molecule has 0 N–H and O–H groups in total. The zero-order chi connectivity index (χ0) is 56.5. The molecule has 0 saturated heterocycles. The van der Waals surface area contributed by atoms with Gasteiger partial charge in [-0.3, -0.25) is 19.9 Å². The van der Waals surface area contributed by atoms with Gasteiger partial charge >= 0.3 is 0 Å². The Morgan fingerprint density at radius 1 is 0.287 bits per heavy atom. The third kappa shape index (κ3) is 13.8. The average molecular weight is 1200 g/mol. The number of hydrogen-bond donors (Lipinski definition) is 0. The quantitative estimate of drug-likeness (QED) is 0.149. The van der Waals surface area contributed by atoms with Gasteiger partial charge in [0.1, 0.15) is 46.0 Å². The number of rotatable bonds is 8. The number of benzene rings is 8. The maximum absolute atomic E-state index is 6.20. The Kier molecular flexibility index (Phi) is 18.8. The van der Waals surface area contributed by atoms with Gasteiger partial charge in [-0.05, 0) is 166 Å². The Morgan fingerprint density at radius 3 is 1.06 bits per heavy atom. The van der Waals surface area contributed by atoms with E-state index in [4.69, 9.17) is 100 Å². The van der Waals surface area contributed by atoms with E-state index in [1.165, 1.54) is 11.1 Å². The van der Waals surface area contributed by atoms with Crippen LogP contribution in [0.25, 0.3) is 43.6 Å². The number of pyridine rings is 4. The molecule has 0 fully saturated rings. The van der Waals surface area contributed by atoms with Gasteiger partial charge in [0.15, 0.2) is 0 Å². The molecule has 0 aliphatic heterocycles. The number of halogens is 7. The highest BCUT2D eigenvalue weighted by Gasteiger charge is 2.14. The molecule has 8 aromatic carbocycles. The predicted octanol–water partition coefficient (Wildman–Crippen LogP) is 22.2. The zero-order valence-electron chi connectivity index (χ0n) is 43.5. The molecule has 12 aromatic rings. The lowest BCUT2D eigenvalue weighted by Crippen LogP contribution is -1.92. The van der Waals surface area contributed by atoms with E-state index < -0.39 is 0 Å². The van der Waals surface area contributed by atoms with Crippen LogP contribution in [0.15, 0.2) is 195 Å². The second kappa shape index (κ2) is 26.3. The van der Waals surface area contributed by atoms with Crippen LogP contribution in [0.3, 0.4) is 0 Å². The number of para-hydroxylation sites is 6. The molecule has 0 saturated carbocycles. The Balaban J connectivity index is 0.000000129. The van der Waals surface area contributed by atoms with Gasteiger partial charge in [0, 0.05) is 57.4 Å². The average Bonchev–Trinajstić information content (AvgIpc) is 3.44. The maximum atomic E-state index is 6.20. The molecule has 8 nitrogen and oxygen atoms in total. The van der Waals surface area contributed by atoms with Crippen LogP contribution in [0.2, 0.25) is 35.2 Å². The molecule has 400 valence electrons. The summed E-state index contributed by atoms with van der Waals surface area (Å²) in [5.41, 5.74) is 8.47. The van der Waals surface area contributed by atoms with Crippen LogP contribution in [0.4, 0.5) is 0 Å². The number of hydrogen-bond acceptors (Lipinski definition) is 8. The second-order valence-corrected chi connectivity index (χ2v) is 21.1. The van der Waals surface area contributed by atoms with E-state index in [2.05, 4.69) is 39.8 Å². The summed E-state index contributed by atoms with van der Waals surface area (Å²) in [6.07, 6.45) is 6.75. The molecule has 4 heterocycles. The predicted molar refractivity (Wildman–Crippen MR) is 332 cm³/mol. The topological polar surface area (TPSA) is 88.5 Å². The van der Waals surface area contributed by atoms with Crippen molar-refractivity contribution in [1.82, 2.24) is 19.9 Å². The van der Waals surface area contributed by atoms with E-state index in [1.807, 2.05) is 136 Å². The van der Waals surface area contributed by atoms with Gasteiger partial charge in [0.2, 0.25) is 0 Å². The van der Waals surface area contributed by atoms with Crippen LogP contribution in [-0.4, -0.2) is 19.9 Å². The fourth-order valence-electron chi connectivity index (χ4n) is 8.53. The number of ether oxygens (including phenoxy) is 4. The Labute approximate surface area is 498 Å². The first-order valence-corrected chi connectivity index (χ1v) is 27.5. The third-order valence-corrected chi connectivity index (χ3v) is 14.3. The number of fused-ring (bicyclic) bond motifs is 4. The highest BCUT2D eigenvalue weighted by Crippen LogP contribution is 2.40. The summed E-state index contributed by atoms with van der Waals surface area (Å²) in [7, 11) is 0. The first-order chi connectivity index (χ1) is 38.6. The van der Waals surface area contributed by atoms with Gasteiger partial charge in [0.05, 0.1) is 52.2 Å². The summed E-state index contributed by atoms with van der Waals surface area (Å²) >= 11 is 42.9. The maximum Gasteiger partial charge on any atom is 0.148 e. The Hall–Kier alpha value is -7.37. The van der Waals surface area contributed by atoms with Crippen molar-refractivity contribution in [3.63, 3.8) is 0 Å². The van der Waals surface area contributed by atoms with Crippen LogP contribution in [-0.2, 0) is 0 Å². The summed E-state index contributed by atoms with van der Waals surface area (Å²) < 4.78 is 23.9. The normalized spacial score (nSPS) is 10.8. The lowest BCUT2D eigenvalue weighted by Gasteiger charge is -2.13. The van der Waals surface area contributed by atoms with Crippen molar-refractivity contribution in [2.24, 2.45) is 0 Å². The van der Waals surface area contributed by atoms with Gasteiger partial charge in [-0.15, -0.1) is 0 Å². The molecule has 0 aliphatic carbocycles. The van der Waals surface area contributed by atoms with Crippen molar-refractivity contribution >= 4 is 125 Å². The minimum Gasteiger partial charge on any atom is -0.457 e. The number of aromatic nitrogens is 4. The molecular formula is C65H47Cl7N4O4. The first-order valence-electron chi connectivity index (χ1n) is 24.8. The van der Waals surface area contributed by atoms with Crippen molar-refractivity contribution in [2.45, 2.75) is 34.6 Å². The highest BCUT2D eigenvalue weighted by molar-refractivity contribution is 6.37. The standard InChI is InChI=1S/2C17H14ClNO.C16H11Cl2NO.C15H8Cl3NO/c1-11-5-3-6-12(2)17(11)20-15-9-10-19-16-13(15)7-4-8-14(16)18;1-11-8-12(2)10-13(9-11)20-16-6-7-19-17-14(16)4-3-5-15(17)18;1-10-4-2-7-13(18)16(10)20-14-8-9-19-15-11(14)5-3-6-12(15)17;16-9-4-5-11(17)14(8-9)20-13-6-7-19-15-10(13)2-1-3-12(15)18/h2*3-10H,1-2H3;2-9H,1H3;1-8H. The van der Waals surface area contributed by atoms with Crippen LogP contribution < -0.4 is 18.9 Å². The van der Waals surface area contributed by atoms with E-state index >= 15 is 0 Å². The van der Waals surface area contributed by atoms with Crippen LogP contribution in [0, 0.1) is 34.6 Å². The van der Waals surface area contributed by atoms with Gasteiger partial charge in [-0.1, -0.05) is 142 Å². The molecule has 4 aromatic heterocycles. The zero-order valence-corrected chi connectivity index (χ0v) is 48.8. The summed E-state index contributed by atoms with van der Waals surface area (Å²) in [5.74, 6) is 5.72. The van der Waals surface area contributed by atoms with Crippen molar-refractivity contribution < 1.29 is 18.9 Å². The Morgan fingerprint density at radius 2 is 0.637 bits per heavy atom. The summed E-state index contributed by atoms with van der Waals surface area (Å²) in [5, 5.41) is 7.58. The van der Waals surface area contributed by atoms with Crippen LogP contribution in [0.5, 0.6) is 46.0 Å². The molecule has 15 heteroatoms. The van der Waals surface area contributed by atoms with E-state index in [0.717, 1.165) is 77.8 Å². The second-order valence-electron chi connectivity index (χ2n) is 18.2. The fraction of sp³-hybridized carbons (Fsp3) is 0.0769. The van der Waals surface area contributed by atoms with Gasteiger partial charge in [-0.25, -0.2) is 0 Å². The first kappa shape index (κ1) is 57.3. The largest absolute Gasteiger partial charge is 0.457 e. The summed E-state index contributed by atoms with van der Waals surface area (Å²) in [6.45, 7) is 10.2. The minimum absolute atomic E-state index is 0.487. The van der Waals surface area contributed by atoms with Crippen molar-refractivity contribution in [1.29, 1.82) is 0 Å². The number of nitrogens with zero attached hydrogens (tertiary/aromatic N) is 4. The van der Waals surface area contributed by atoms with Crippen molar-refractivity contribution in [2.75, 3.05) is 0 Å². The lowest BCUT2D eigenvalue weighted by molar-refractivity contribution is 0.480. The molecule has 0 atom stereocenters. The van der Waals surface area contributed by atoms with E-state index in [9.17, 15) is 0 Å². The number of aryl methyl sites for hydroxylation is 5. The molecule has 0 aliphatic rings. The smallest absolute Gasteiger partial charge is 0.148 e. The van der Waals surface area contributed by atoms with Gasteiger partial charge in [-0.2, -0.15) is 0 Å². The van der Waals surface area contributed by atoms with Crippen LogP contribution in [0.1, 0.15) is 27.8 Å². The molecule has 80 heavy (non-hydrogen) atoms. The van der Waals surface area contributed by atoms with Crippen molar-refractivity contribution in [3.05, 3.63) is 258 Å². The van der Waals surface area contributed by atoms with E-state index in [1.54, 1.807) is 73.3 Å². The lowest BCUT2D eigenvalue weighted by atomic mass is 10.1. The summed E-state index contributed by atoms with van der Waals surface area (Å²) in [4.78, 5) is 17.2. The molecule has 0 unspecified atom stereocenters. The van der Waals surface area contributed by atoms with E-state index in [0.29, 0.717) is 63.7 Å². The van der Waals surface area contributed by atoms with Crippen LogP contribution >= 0.6 is 81.2 Å². The third-order valence-electron chi connectivity index (χ3n) is 12.3. The highest BCUT2D eigenvalue weighted by atomic mass is 35.5. The minimum atomic E-state index is 0.487. The molecule has 0 radical (unpaired) electrons. The summed E-state index contributed by atoms with van der Waals surface area (Å²) in [6, 6.07) is 52.8. The molecule has 0 amide bonds. The molecule has 12 rings (SSSR count). The molecule has 0 bridgehead atoms. The van der Waals surface area contributed by atoms with Gasteiger partial charge in [0.25, 0.3) is 0 Å². The van der Waals surface area contributed by atoms with E-state index in [-0.39, 0.29) is 0 Å². The van der Waals surface area contributed by atoms with Crippen molar-refractivity contribution in [3.8, 4) is 46.0 Å². The monoisotopic (exact) mass is 1190 g/mol. The molecular weight excluding hydrogens is 1150 g/mol. The van der Waals surface area contributed by atoms with Gasteiger partial charge < -0.3 is 18.9 Å². The Bertz CT molecular complexity index is 4030. The fourth-order valence-corrected chi connectivity index (χ4v) is 10.0. The SMILES string of the molecule is Cc1cc(C)cc(Oc2ccnc3c(Cl)cccc23)c1.Cc1cccc(C)c1Oc1ccnc2c(Cl)cccc12.Cc1cccc(Cl)c1Oc1ccnc2c(Cl)cccc12.Clc1ccc(Cl)c(Oc2ccnc3c(Cl)cccc23)c1.